The molecule has 0 radical (unpaired) electrons. The van der Waals surface area contributed by atoms with Crippen molar-refractivity contribution in [1.82, 2.24) is 0 Å². The molecule has 1 unspecified atom stereocenters. The number of anilines is 1. The van der Waals surface area contributed by atoms with E-state index in [1.807, 2.05) is 12.1 Å². The van der Waals surface area contributed by atoms with Crippen LogP contribution in [0.4, 0.5) is 10.5 Å². The molecule has 1 amide bonds. The number of hydrogen-bond donors (Lipinski definition) is 1. The van der Waals surface area contributed by atoms with E-state index in [0.717, 1.165) is 30.5 Å². The number of ether oxygens (including phenoxy) is 1. The standard InChI is InChI=1S/C22H35BN2O4/c1-20(2,3)18-17(27-19(24)26)12-9-13-25(18)16-11-8-10-15(14-16)23-28-21(4,5)22(6,7)29-23/h8,10-11,14,17-18H,9,12-13H2,1-7H3,(H2,24,26)/t17?,18-/m0/s1. The van der Waals surface area contributed by atoms with Crippen molar-refractivity contribution in [2.45, 2.75) is 84.7 Å². The van der Waals surface area contributed by atoms with Crippen LogP contribution in [0.3, 0.4) is 0 Å². The predicted molar refractivity (Wildman–Crippen MR) is 116 cm³/mol. The summed E-state index contributed by atoms with van der Waals surface area (Å²) in [5, 5.41) is 0. The van der Waals surface area contributed by atoms with E-state index in [1.54, 1.807) is 0 Å². The summed E-state index contributed by atoms with van der Waals surface area (Å²) in [6.07, 6.45) is 0.808. The van der Waals surface area contributed by atoms with Gasteiger partial charge >= 0.3 is 13.2 Å². The van der Waals surface area contributed by atoms with Crippen molar-refractivity contribution >= 4 is 24.4 Å². The predicted octanol–water partition coefficient (Wildman–Crippen LogP) is 3.46. The summed E-state index contributed by atoms with van der Waals surface area (Å²) in [5.41, 5.74) is 6.57. The molecule has 2 N–H and O–H groups in total. The molecule has 2 atom stereocenters. The normalized spacial score (nSPS) is 26.4. The molecule has 1 aromatic rings. The number of amides is 1. The quantitative estimate of drug-likeness (QED) is 0.784. The summed E-state index contributed by atoms with van der Waals surface area (Å²) < 4.78 is 18.0. The lowest BCUT2D eigenvalue weighted by molar-refractivity contribution is 0.00578. The van der Waals surface area contributed by atoms with E-state index in [9.17, 15) is 4.79 Å². The van der Waals surface area contributed by atoms with Crippen molar-refractivity contribution < 1.29 is 18.8 Å². The number of nitrogens with two attached hydrogens (primary N) is 1. The van der Waals surface area contributed by atoms with Crippen LogP contribution in [-0.4, -0.2) is 43.1 Å². The van der Waals surface area contributed by atoms with Gasteiger partial charge in [0.25, 0.3) is 0 Å². The van der Waals surface area contributed by atoms with Crippen LogP contribution in [0.25, 0.3) is 0 Å². The lowest BCUT2D eigenvalue weighted by Crippen LogP contribution is -2.57. The second-order valence-corrected chi connectivity index (χ2v) is 10.3. The molecular formula is C22H35BN2O4. The number of carbonyl (C=O) groups excluding carboxylic acids is 1. The first-order valence-corrected chi connectivity index (χ1v) is 10.5. The monoisotopic (exact) mass is 402 g/mol. The third-order valence-electron chi connectivity index (χ3n) is 6.46. The van der Waals surface area contributed by atoms with Gasteiger partial charge in [-0.25, -0.2) is 4.79 Å². The van der Waals surface area contributed by atoms with Gasteiger partial charge in [-0.3, -0.25) is 0 Å². The number of nitrogens with zero attached hydrogens (tertiary/aromatic N) is 1. The zero-order valence-electron chi connectivity index (χ0n) is 18.8. The van der Waals surface area contributed by atoms with Crippen LogP contribution < -0.4 is 16.1 Å². The van der Waals surface area contributed by atoms with Crippen molar-refractivity contribution in [3.05, 3.63) is 24.3 Å². The van der Waals surface area contributed by atoms with Crippen molar-refractivity contribution in [2.75, 3.05) is 11.4 Å². The Kier molecular flexibility index (Phi) is 5.69. The van der Waals surface area contributed by atoms with E-state index in [4.69, 9.17) is 19.8 Å². The van der Waals surface area contributed by atoms with E-state index in [2.05, 4.69) is 65.5 Å². The summed E-state index contributed by atoms with van der Waals surface area (Å²) in [5.74, 6) is 0. The number of carbonyl (C=O) groups is 1. The van der Waals surface area contributed by atoms with Crippen LogP contribution in [0.15, 0.2) is 24.3 Å². The summed E-state index contributed by atoms with van der Waals surface area (Å²) in [4.78, 5) is 13.8. The van der Waals surface area contributed by atoms with E-state index >= 15 is 0 Å². The van der Waals surface area contributed by atoms with Crippen molar-refractivity contribution in [1.29, 1.82) is 0 Å². The molecule has 2 aliphatic heterocycles. The lowest BCUT2D eigenvalue weighted by atomic mass is 9.77. The molecule has 0 spiro atoms. The van der Waals surface area contributed by atoms with E-state index < -0.39 is 13.2 Å². The number of rotatable bonds is 3. The molecule has 0 saturated carbocycles. The molecule has 0 bridgehead atoms. The third-order valence-corrected chi connectivity index (χ3v) is 6.46. The Bertz CT molecular complexity index is 743. The van der Waals surface area contributed by atoms with Gasteiger partial charge in [0, 0.05) is 12.2 Å². The minimum absolute atomic E-state index is 0.0253. The van der Waals surface area contributed by atoms with Crippen molar-refractivity contribution in [3.63, 3.8) is 0 Å². The lowest BCUT2D eigenvalue weighted by Gasteiger charge is -2.48. The summed E-state index contributed by atoms with van der Waals surface area (Å²) in [7, 11) is -0.407. The molecule has 160 valence electrons. The van der Waals surface area contributed by atoms with Crippen LogP contribution in [0, 0.1) is 5.41 Å². The second kappa shape index (κ2) is 7.51. The van der Waals surface area contributed by atoms with Crippen molar-refractivity contribution in [3.8, 4) is 0 Å². The van der Waals surface area contributed by atoms with Gasteiger partial charge in [0.15, 0.2) is 0 Å². The third kappa shape index (κ3) is 4.41. The van der Waals surface area contributed by atoms with Crippen LogP contribution in [0.1, 0.15) is 61.3 Å². The summed E-state index contributed by atoms with van der Waals surface area (Å²) >= 11 is 0. The van der Waals surface area contributed by atoms with Gasteiger partial charge < -0.3 is 24.7 Å². The molecule has 6 nitrogen and oxygen atoms in total. The van der Waals surface area contributed by atoms with Gasteiger partial charge in [-0.2, -0.15) is 0 Å². The molecule has 2 fully saturated rings. The van der Waals surface area contributed by atoms with E-state index in [-0.39, 0.29) is 28.8 Å². The topological polar surface area (TPSA) is 74.0 Å². The number of primary amides is 1. The molecular weight excluding hydrogens is 367 g/mol. The molecule has 2 heterocycles. The highest BCUT2D eigenvalue weighted by Gasteiger charge is 2.52. The van der Waals surface area contributed by atoms with Crippen LogP contribution in [0.5, 0.6) is 0 Å². The Morgan fingerprint density at radius 3 is 2.38 bits per heavy atom. The molecule has 0 aliphatic carbocycles. The molecule has 2 aliphatic rings. The summed E-state index contributed by atoms with van der Waals surface area (Å²) in [6.45, 7) is 15.6. The van der Waals surface area contributed by atoms with Crippen LogP contribution in [0.2, 0.25) is 0 Å². The smallest absolute Gasteiger partial charge is 0.444 e. The fraction of sp³-hybridized carbons (Fsp3) is 0.682. The number of piperidine rings is 1. The summed E-state index contributed by atoms with van der Waals surface area (Å²) in [6, 6.07) is 8.33. The zero-order chi connectivity index (χ0) is 21.6. The second-order valence-electron chi connectivity index (χ2n) is 10.3. The molecule has 3 rings (SSSR count). The maximum Gasteiger partial charge on any atom is 0.494 e. The molecule has 29 heavy (non-hydrogen) atoms. The van der Waals surface area contributed by atoms with Gasteiger partial charge in [0.2, 0.25) is 0 Å². The Morgan fingerprint density at radius 2 is 1.83 bits per heavy atom. The Balaban J connectivity index is 1.91. The van der Waals surface area contributed by atoms with E-state index in [1.165, 1.54) is 0 Å². The van der Waals surface area contributed by atoms with Gasteiger partial charge in [0.05, 0.1) is 17.2 Å². The van der Waals surface area contributed by atoms with Crippen molar-refractivity contribution in [2.24, 2.45) is 11.1 Å². The molecule has 1 aromatic carbocycles. The Hall–Kier alpha value is -1.73. The highest BCUT2D eigenvalue weighted by atomic mass is 16.7. The SMILES string of the molecule is CC(C)(C)[C@@H]1C(OC(N)=O)CCCN1c1cccc(B2OC(C)(C)C(C)(C)O2)c1. The first-order valence-electron chi connectivity index (χ1n) is 10.5. The number of benzene rings is 1. The van der Waals surface area contributed by atoms with E-state index in [0.29, 0.717) is 0 Å². The highest BCUT2D eigenvalue weighted by Crippen LogP contribution is 2.38. The fourth-order valence-electron chi connectivity index (χ4n) is 4.38. The number of hydrogen-bond acceptors (Lipinski definition) is 5. The highest BCUT2D eigenvalue weighted by molar-refractivity contribution is 6.62. The van der Waals surface area contributed by atoms with Gasteiger partial charge in [0.1, 0.15) is 6.10 Å². The maximum atomic E-state index is 11.5. The minimum atomic E-state index is -0.711. The molecule has 2 saturated heterocycles. The van der Waals surface area contributed by atoms with Gasteiger partial charge in [-0.15, -0.1) is 0 Å². The minimum Gasteiger partial charge on any atom is -0.444 e. The van der Waals surface area contributed by atoms with Gasteiger partial charge in [-0.05, 0) is 63.5 Å². The van der Waals surface area contributed by atoms with Crippen LogP contribution >= 0.6 is 0 Å². The average molecular weight is 402 g/mol. The largest absolute Gasteiger partial charge is 0.494 e. The fourth-order valence-corrected chi connectivity index (χ4v) is 4.38. The first kappa shape index (κ1) is 22.0. The molecule has 0 aromatic heterocycles. The zero-order valence-corrected chi connectivity index (χ0v) is 18.8. The first-order chi connectivity index (χ1) is 13.3. The Morgan fingerprint density at radius 1 is 1.21 bits per heavy atom. The van der Waals surface area contributed by atoms with Gasteiger partial charge in [-0.1, -0.05) is 32.9 Å². The molecule has 7 heteroatoms. The Labute approximate surface area is 175 Å². The van der Waals surface area contributed by atoms with Crippen LogP contribution in [-0.2, 0) is 14.0 Å². The maximum absolute atomic E-state index is 11.5. The average Bonchev–Trinajstić information content (AvgIpc) is 2.81.